The minimum Gasteiger partial charge on any atom is -0.463 e. The first-order valence-corrected chi connectivity index (χ1v) is 9.41. The first-order valence-electron chi connectivity index (χ1n) is 9.41. The highest BCUT2D eigenvalue weighted by atomic mass is 16.6. The predicted octanol–water partition coefficient (Wildman–Crippen LogP) is 2.94. The van der Waals surface area contributed by atoms with Crippen molar-refractivity contribution in [2.24, 2.45) is 0 Å². The normalized spacial score (nSPS) is 13.9. The first-order chi connectivity index (χ1) is 13.4. The van der Waals surface area contributed by atoms with Crippen LogP contribution in [-0.4, -0.2) is 55.7 Å². The molecule has 1 saturated heterocycles. The van der Waals surface area contributed by atoms with Gasteiger partial charge in [-0.05, 0) is 54.4 Å². The molecule has 1 aliphatic rings. The summed E-state index contributed by atoms with van der Waals surface area (Å²) in [5.41, 5.74) is 0.564. The SMILES string of the molecule is C1CCOC1.C=C(C)C(=O)OC(C)C(=O)OCC.C=C(C)C(=O)OC(C)C(C)=O. The van der Waals surface area contributed by atoms with E-state index < -0.39 is 30.1 Å². The molecule has 2 atom stereocenters. The minimum atomic E-state index is -0.871. The summed E-state index contributed by atoms with van der Waals surface area (Å²) in [6, 6.07) is 0. The fraction of sp³-hybridized carbons (Fsp3) is 0.619. The van der Waals surface area contributed by atoms with Gasteiger partial charge in [-0.25, -0.2) is 14.4 Å². The summed E-state index contributed by atoms with van der Waals surface area (Å²) in [5, 5.41) is 0. The van der Waals surface area contributed by atoms with Crippen LogP contribution in [-0.2, 0) is 38.1 Å². The van der Waals surface area contributed by atoms with E-state index in [9.17, 15) is 19.2 Å². The molecule has 1 aliphatic heterocycles. The van der Waals surface area contributed by atoms with Crippen molar-refractivity contribution < 1.29 is 38.1 Å². The van der Waals surface area contributed by atoms with Crippen LogP contribution in [0.5, 0.6) is 0 Å². The molecule has 0 bridgehead atoms. The smallest absolute Gasteiger partial charge is 0.347 e. The summed E-state index contributed by atoms with van der Waals surface area (Å²) in [4.78, 5) is 43.3. The highest BCUT2D eigenvalue weighted by molar-refractivity contribution is 5.90. The van der Waals surface area contributed by atoms with Crippen LogP contribution in [0.4, 0.5) is 0 Å². The van der Waals surface area contributed by atoms with E-state index in [4.69, 9.17) is 9.47 Å². The van der Waals surface area contributed by atoms with Gasteiger partial charge in [0, 0.05) is 24.4 Å². The van der Waals surface area contributed by atoms with Gasteiger partial charge in [-0.1, -0.05) is 13.2 Å². The number of carbonyl (C=O) groups is 4. The average Bonchev–Trinajstić information content (AvgIpc) is 3.21. The van der Waals surface area contributed by atoms with Crippen LogP contribution in [0.25, 0.3) is 0 Å². The van der Waals surface area contributed by atoms with Crippen LogP contribution in [0, 0.1) is 0 Å². The van der Waals surface area contributed by atoms with Gasteiger partial charge in [0.2, 0.25) is 0 Å². The van der Waals surface area contributed by atoms with Crippen molar-refractivity contribution in [2.75, 3.05) is 19.8 Å². The summed E-state index contributed by atoms with van der Waals surface area (Å²) in [6.45, 7) is 18.1. The average molecular weight is 414 g/mol. The van der Waals surface area contributed by atoms with Gasteiger partial charge < -0.3 is 18.9 Å². The van der Waals surface area contributed by atoms with Crippen LogP contribution < -0.4 is 0 Å². The summed E-state index contributed by atoms with van der Waals surface area (Å²) in [5.74, 6) is -1.81. The molecule has 0 aromatic carbocycles. The van der Waals surface area contributed by atoms with E-state index in [1.54, 1.807) is 6.92 Å². The predicted molar refractivity (Wildman–Crippen MR) is 108 cm³/mol. The maximum atomic E-state index is 11.0. The molecule has 2 unspecified atom stereocenters. The number of hydrogen-bond acceptors (Lipinski definition) is 8. The van der Waals surface area contributed by atoms with Crippen molar-refractivity contribution >= 4 is 23.7 Å². The molecule has 0 saturated carbocycles. The molecular weight excluding hydrogens is 380 g/mol. The molecule has 0 amide bonds. The lowest BCUT2D eigenvalue weighted by Gasteiger charge is -2.11. The number of ether oxygens (including phenoxy) is 4. The van der Waals surface area contributed by atoms with Crippen LogP contribution in [0.15, 0.2) is 24.3 Å². The molecule has 0 aromatic heterocycles. The second-order valence-corrected chi connectivity index (χ2v) is 6.34. The molecular formula is C21H34O8. The number of rotatable bonds is 7. The molecule has 1 rings (SSSR count). The van der Waals surface area contributed by atoms with Gasteiger partial charge in [-0.3, -0.25) is 4.79 Å². The van der Waals surface area contributed by atoms with E-state index in [0.717, 1.165) is 13.2 Å². The van der Waals surface area contributed by atoms with Gasteiger partial charge in [0.05, 0.1) is 6.61 Å². The van der Waals surface area contributed by atoms with Crippen molar-refractivity contribution in [3.8, 4) is 0 Å². The number of ketones is 1. The molecule has 0 N–H and O–H groups in total. The highest BCUT2D eigenvalue weighted by Gasteiger charge is 2.18. The minimum absolute atomic E-state index is 0.167. The zero-order valence-electron chi connectivity index (χ0n) is 18.4. The quantitative estimate of drug-likeness (QED) is 0.356. The Morgan fingerprint density at radius 1 is 0.862 bits per heavy atom. The van der Waals surface area contributed by atoms with Crippen LogP contribution in [0.1, 0.15) is 54.4 Å². The maximum absolute atomic E-state index is 11.0. The molecule has 0 aromatic rings. The van der Waals surface area contributed by atoms with Crippen molar-refractivity contribution in [2.45, 2.75) is 66.6 Å². The lowest BCUT2D eigenvalue weighted by atomic mass is 10.3. The summed E-state index contributed by atoms with van der Waals surface area (Å²) < 4.78 is 19.0. The molecule has 1 heterocycles. The van der Waals surface area contributed by atoms with E-state index in [1.807, 2.05) is 0 Å². The summed E-state index contributed by atoms with van der Waals surface area (Å²) >= 11 is 0. The van der Waals surface area contributed by atoms with Crippen molar-refractivity contribution in [1.82, 2.24) is 0 Å². The van der Waals surface area contributed by atoms with Gasteiger partial charge in [-0.15, -0.1) is 0 Å². The third kappa shape index (κ3) is 16.2. The Kier molecular flexibility index (Phi) is 16.3. The van der Waals surface area contributed by atoms with Crippen molar-refractivity contribution in [3.63, 3.8) is 0 Å². The van der Waals surface area contributed by atoms with Crippen LogP contribution >= 0.6 is 0 Å². The third-order valence-electron chi connectivity index (χ3n) is 3.28. The Hall–Kier alpha value is -2.48. The van der Waals surface area contributed by atoms with Crippen molar-refractivity contribution in [3.05, 3.63) is 24.3 Å². The lowest BCUT2D eigenvalue weighted by Crippen LogP contribution is -2.26. The largest absolute Gasteiger partial charge is 0.463 e. The number of esters is 3. The zero-order chi connectivity index (χ0) is 23.0. The van der Waals surface area contributed by atoms with Gasteiger partial charge in [0.1, 0.15) is 0 Å². The molecule has 166 valence electrons. The fourth-order valence-electron chi connectivity index (χ4n) is 1.42. The summed E-state index contributed by atoms with van der Waals surface area (Å²) in [6.07, 6.45) is 1.02. The topological polar surface area (TPSA) is 105 Å². The second kappa shape index (κ2) is 16.5. The van der Waals surface area contributed by atoms with Gasteiger partial charge in [-0.2, -0.15) is 0 Å². The number of carbonyl (C=O) groups excluding carboxylic acids is 4. The molecule has 8 heteroatoms. The van der Waals surface area contributed by atoms with Gasteiger partial charge in [0.15, 0.2) is 18.0 Å². The number of Topliss-reactive ketones (excluding diaryl/α,β-unsaturated/α-hetero) is 1. The van der Waals surface area contributed by atoms with Gasteiger partial charge in [0.25, 0.3) is 0 Å². The monoisotopic (exact) mass is 414 g/mol. The first kappa shape index (κ1) is 28.7. The fourth-order valence-corrected chi connectivity index (χ4v) is 1.42. The van der Waals surface area contributed by atoms with E-state index in [-0.39, 0.29) is 18.0 Å². The van der Waals surface area contributed by atoms with Crippen molar-refractivity contribution in [1.29, 1.82) is 0 Å². The van der Waals surface area contributed by atoms with Gasteiger partial charge >= 0.3 is 17.9 Å². The Morgan fingerprint density at radius 2 is 1.28 bits per heavy atom. The van der Waals surface area contributed by atoms with Crippen LogP contribution in [0.3, 0.4) is 0 Å². The third-order valence-corrected chi connectivity index (χ3v) is 3.28. The molecule has 0 radical (unpaired) electrons. The highest BCUT2D eigenvalue weighted by Crippen LogP contribution is 2.00. The van der Waals surface area contributed by atoms with Crippen LogP contribution in [0.2, 0.25) is 0 Å². The Balaban J connectivity index is 0. The van der Waals surface area contributed by atoms with E-state index in [1.165, 1.54) is 47.5 Å². The molecule has 0 spiro atoms. The Morgan fingerprint density at radius 3 is 1.55 bits per heavy atom. The molecule has 29 heavy (non-hydrogen) atoms. The molecule has 8 nitrogen and oxygen atoms in total. The van der Waals surface area contributed by atoms with E-state index in [2.05, 4.69) is 22.6 Å². The molecule has 1 fully saturated rings. The maximum Gasteiger partial charge on any atom is 0.347 e. The lowest BCUT2D eigenvalue weighted by molar-refractivity contribution is -0.163. The number of hydrogen-bond donors (Lipinski definition) is 0. The van der Waals surface area contributed by atoms with E-state index >= 15 is 0 Å². The standard InChI is InChI=1S/C9H14O4.C8H12O3.C4H8O/c1-5-12-9(11)7(4)13-8(10)6(2)3;1-5(2)8(10)11-7(4)6(3)9;1-2-4-5-3-1/h7H,2,5H2,1,3-4H3;7H,1H2,2-4H3;1-4H2. The zero-order valence-corrected chi connectivity index (χ0v) is 18.4. The Bertz CT molecular complexity index is 568. The Labute approximate surface area is 173 Å². The molecule has 0 aliphatic carbocycles. The van der Waals surface area contributed by atoms with E-state index in [0.29, 0.717) is 5.57 Å². The second-order valence-electron chi connectivity index (χ2n) is 6.34. The summed E-state index contributed by atoms with van der Waals surface area (Å²) in [7, 11) is 0.